The standard InChI is InChI=1S/C5H9NO4.C4H7NO4.C4H9NO3.C3H7NO3.C2H5NO2/c6-3(5(9)10)1-2-4(7)8;5-2(4(8)9)1-3(6)7;1-2(6)3(5)4(7)8;4-2(1-5)3(6)7;3-1-2(4)5/h3H,1-2,6H2,(H,7,8)(H,9,10);2H,1,5H2,(H,6,7)(H,8,9);2-3,6H,5H2,1H3,(H,7,8);2,5H,1,4H2,(H,6,7);1,3H2,(H,4,5). The number of hydrogen-bond acceptors (Lipinski definition) is 14. The fraction of sp³-hybridized carbons (Fsp3) is 0.611. The van der Waals surface area contributed by atoms with Crippen molar-refractivity contribution in [3.63, 3.8) is 0 Å². The van der Waals surface area contributed by atoms with E-state index in [2.05, 4.69) is 5.73 Å². The van der Waals surface area contributed by atoms with Gasteiger partial charge >= 0.3 is 41.8 Å². The minimum atomic E-state index is -1.29. The van der Waals surface area contributed by atoms with Crippen LogP contribution in [0.15, 0.2) is 0 Å². The van der Waals surface area contributed by atoms with E-state index in [0.29, 0.717) is 0 Å². The van der Waals surface area contributed by atoms with Crippen LogP contribution >= 0.6 is 0 Å². The molecule has 0 spiro atoms. The number of hydrogen-bond donors (Lipinski definition) is 14. The molecular weight excluding hydrogens is 542 g/mol. The Kier molecular flexibility index (Phi) is 31.2. The lowest BCUT2D eigenvalue weighted by atomic mass is 10.2. The minimum absolute atomic E-state index is 0.0231. The molecule has 0 saturated heterocycles. The Bertz CT molecular complexity index is 764. The predicted octanol–water partition coefficient (Wildman–Crippen LogP) is -5.66. The van der Waals surface area contributed by atoms with Gasteiger partial charge in [-0.1, -0.05) is 0 Å². The summed E-state index contributed by atoms with van der Waals surface area (Å²) in [5, 5.41) is 72.4. The largest absolute Gasteiger partial charge is 0.481 e. The summed E-state index contributed by atoms with van der Waals surface area (Å²) in [7, 11) is 0. The molecule has 0 aliphatic carbocycles. The maximum Gasteiger partial charge on any atom is 0.323 e. The van der Waals surface area contributed by atoms with E-state index >= 15 is 0 Å². The SMILES string of the molecule is CC(O)C(N)C(=O)O.NC(CC(=O)O)C(=O)O.NC(CCC(=O)O)C(=O)O.NC(CO)C(=O)O.NCC(=O)O. The molecular formula is C18H37N5O16. The molecule has 230 valence electrons. The fourth-order valence-electron chi connectivity index (χ4n) is 0.962. The quantitative estimate of drug-likeness (QED) is 0.102. The molecule has 0 aliphatic rings. The zero-order chi connectivity index (χ0) is 32.5. The van der Waals surface area contributed by atoms with Crippen molar-refractivity contribution in [2.75, 3.05) is 13.2 Å². The third-order valence-electron chi connectivity index (χ3n) is 3.19. The first-order valence-electron chi connectivity index (χ1n) is 10.2. The first kappa shape index (κ1) is 45.0. The molecule has 0 amide bonds. The highest BCUT2D eigenvalue weighted by molar-refractivity contribution is 5.80. The van der Waals surface area contributed by atoms with Crippen LogP contribution in [0.1, 0.15) is 26.2 Å². The summed E-state index contributed by atoms with van der Waals surface area (Å²) in [6.07, 6.45) is -1.74. The summed E-state index contributed by atoms with van der Waals surface area (Å²) in [5.74, 6) is -8.02. The van der Waals surface area contributed by atoms with Crippen LogP contribution in [-0.2, 0) is 33.6 Å². The number of carbonyl (C=O) groups is 7. The number of rotatable bonds is 12. The third-order valence-corrected chi connectivity index (χ3v) is 3.19. The van der Waals surface area contributed by atoms with Crippen molar-refractivity contribution in [1.29, 1.82) is 0 Å². The van der Waals surface area contributed by atoms with Gasteiger partial charge in [-0.05, 0) is 13.3 Å². The van der Waals surface area contributed by atoms with Gasteiger partial charge in [0.2, 0.25) is 0 Å². The Morgan fingerprint density at radius 1 is 0.615 bits per heavy atom. The number of carboxylic acid groups (broad SMARTS) is 7. The third kappa shape index (κ3) is 41.4. The molecule has 0 radical (unpaired) electrons. The van der Waals surface area contributed by atoms with E-state index in [1.807, 2.05) is 0 Å². The van der Waals surface area contributed by atoms with Gasteiger partial charge < -0.3 is 74.6 Å². The van der Waals surface area contributed by atoms with E-state index in [1.165, 1.54) is 6.92 Å². The molecule has 39 heavy (non-hydrogen) atoms. The molecule has 5 atom stereocenters. The van der Waals surface area contributed by atoms with E-state index in [-0.39, 0.29) is 19.4 Å². The van der Waals surface area contributed by atoms with Crippen LogP contribution in [0.5, 0.6) is 0 Å². The van der Waals surface area contributed by atoms with Crippen molar-refractivity contribution in [2.45, 2.75) is 56.5 Å². The summed E-state index contributed by atoms with van der Waals surface area (Å²) < 4.78 is 0. The highest BCUT2D eigenvalue weighted by atomic mass is 16.4. The van der Waals surface area contributed by atoms with Gasteiger partial charge in [-0.25, -0.2) is 0 Å². The van der Waals surface area contributed by atoms with Gasteiger partial charge in [0.1, 0.15) is 24.2 Å². The monoisotopic (exact) mass is 579 g/mol. The maximum atomic E-state index is 9.99. The molecule has 21 heteroatoms. The Labute approximate surface area is 220 Å². The molecule has 0 saturated carbocycles. The minimum Gasteiger partial charge on any atom is -0.481 e. The van der Waals surface area contributed by atoms with Crippen molar-refractivity contribution in [1.82, 2.24) is 0 Å². The Hall–Kier alpha value is -3.99. The molecule has 0 heterocycles. The molecule has 0 aliphatic heterocycles. The Balaban J connectivity index is -0.000000126. The first-order valence-corrected chi connectivity index (χ1v) is 10.2. The lowest BCUT2D eigenvalue weighted by Crippen LogP contribution is -2.39. The first-order chi connectivity index (χ1) is 17.6. The number of aliphatic carboxylic acids is 7. The van der Waals surface area contributed by atoms with Crippen LogP contribution in [0, 0.1) is 0 Å². The Morgan fingerprint density at radius 3 is 1.08 bits per heavy atom. The summed E-state index contributed by atoms with van der Waals surface area (Å²) in [6.45, 7) is 0.550. The van der Waals surface area contributed by atoms with Gasteiger partial charge in [-0.3, -0.25) is 33.6 Å². The second kappa shape index (κ2) is 27.1. The average molecular weight is 580 g/mol. The van der Waals surface area contributed by atoms with E-state index in [0.717, 1.165) is 0 Å². The molecule has 0 bridgehead atoms. The fourth-order valence-corrected chi connectivity index (χ4v) is 0.962. The predicted molar refractivity (Wildman–Crippen MR) is 127 cm³/mol. The topological polar surface area (TPSA) is 432 Å². The van der Waals surface area contributed by atoms with E-state index in [1.54, 1.807) is 0 Å². The maximum absolute atomic E-state index is 9.99. The van der Waals surface area contributed by atoms with Gasteiger partial charge in [0, 0.05) is 6.42 Å². The van der Waals surface area contributed by atoms with Crippen molar-refractivity contribution >= 4 is 41.8 Å². The summed E-state index contributed by atoms with van der Waals surface area (Å²) in [5.41, 5.74) is 24.1. The normalized spacial score (nSPS) is 13.0. The van der Waals surface area contributed by atoms with Gasteiger partial charge in [-0.15, -0.1) is 0 Å². The van der Waals surface area contributed by atoms with Gasteiger partial charge in [0.25, 0.3) is 0 Å². The van der Waals surface area contributed by atoms with E-state index in [9.17, 15) is 33.6 Å². The van der Waals surface area contributed by atoms with Crippen LogP contribution in [-0.4, -0.2) is 131 Å². The summed E-state index contributed by atoms with van der Waals surface area (Å²) in [4.78, 5) is 68.2. The second-order valence-electron chi connectivity index (χ2n) is 6.75. The highest BCUT2D eigenvalue weighted by Gasteiger charge is 2.16. The van der Waals surface area contributed by atoms with Gasteiger partial charge in [0.05, 0.1) is 25.7 Å². The molecule has 0 aromatic heterocycles. The molecule has 5 unspecified atom stereocenters. The van der Waals surface area contributed by atoms with Crippen LogP contribution < -0.4 is 28.7 Å². The lowest BCUT2D eigenvalue weighted by molar-refractivity contribution is -0.144. The molecule has 0 fully saturated rings. The van der Waals surface area contributed by atoms with Crippen molar-refractivity contribution < 1.29 is 79.5 Å². The van der Waals surface area contributed by atoms with Crippen LogP contribution in [0.4, 0.5) is 0 Å². The number of nitrogens with two attached hydrogens (primary N) is 5. The van der Waals surface area contributed by atoms with Crippen molar-refractivity contribution in [2.24, 2.45) is 28.7 Å². The van der Waals surface area contributed by atoms with Gasteiger partial charge in [-0.2, -0.15) is 0 Å². The van der Waals surface area contributed by atoms with E-state index < -0.39 is 85.1 Å². The smallest absolute Gasteiger partial charge is 0.323 e. The summed E-state index contributed by atoms with van der Waals surface area (Å²) >= 11 is 0. The zero-order valence-corrected chi connectivity index (χ0v) is 20.7. The van der Waals surface area contributed by atoms with Crippen LogP contribution in [0.2, 0.25) is 0 Å². The Morgan fingerprint density at radius 2 is 0.974 bits per heavy atom. The molecule has 19 N–H and O–H groups in total. The highest BCUT2D eigenvalue weighted by Crippen LogP contribution is 1.93. The van der Waals surface area contributed by atoms with Gasteiger partial charge in [0.15, 0.2) is 0 Å². The lowest BCUT2D eigenvalue weighted by Gasteiger charge is -2.06. The van der Waals surface area contributed by atoms with Crippen LogP contribution in [0.25, 0.3) is 0 Å². The summed E-state index contributed by atoms with van der Waals surface area (Å²) in [6, 6.07) is -4.63. The molecule has 0 aromatic carbocycles. The van der Waals surface area contributed by atoms with Crippen LogP contribution in [0.3, 0.4) is 0 Å². The average Bonchev–Trinajstić information content (AvgIpc) is 2.82. The number of carboxylic acids is 7. The molecule has 21 nitrogen and oxygen atoms in total. The van der Waals surface area contributed by atoms with E-state index in [4.69, 9.17) is 68.9 Å². The number of aliphatic hydroxyl groups excluding tert-OH is 2. The van der Waals surface area contributed by atoms with Crippen molar-refractivity contribution in [3.05, 3.63) is 0 Å². The number of aliphatic hydroxyl groups is 2. The molecule has 0 rings (SSSR count). The van der Waals surface area contributed by atoms with Crippen molar-refractivity contribution in [3.8, 4) is 0 Å². The molecule has 0 aromatic rings. The zero-order valence-electron chi connectivity index (χ0n) is 20.7. The second-order valence-corrected chi connectivity index (χ2v) is 6.75.